The molecule has 2 N–H and O–H groups in total. The van der Waals surface area contributed by atoms with Gasteiger partial charge in [-0.25, -0.2) is 0 Å². The fourth-order valence-electron chi connectivity index (χ4n) is 1.17. The second-order valence-electron chi connectivity index (χ2n) is 2.82. The Bertz CT molecular complexity index is 332. The van der Waals surface area contributed by atoms with Crippen LogP contribution < -0.4 is 5.73 Å². The van der Waals surface area contributed by atoms with Gasteiger partial charge in [0.15, 0.2) is 0 Å². The van der Waals surface area contributed by atoms with Crippen LogP contribution in [-0.4, -0.2) is 12.4 Å². The topological polar surface area (TPSA) is 38.4 Å². The lowest BCUT2D eigenvalue weighted by molar-refractivity contribution is 1.12. The van der Waals surface area contributed by atoms with Gasteiger partial charge in [-0.3, -0.25) is 4.99 Å². The summed E-state index contributed by atoms with van der Waals surface area (Å²) in [7, 11) is 0. The summed E-state index contributed by atoms with van der Waals surface area (Å²) in [5, 5.41) is 0. The SMILES string of the molecule is CCN=C(N)c1ccc(Br)cc1C. The number of hydrogen-bond acceptors (Lipinski definition) is 1. The summed E-state index contributed by atoms with van der Waals surface area (Å²) < 4.78 is 1.07. The Labute approximate surface area is 87.0 Å². The minimum Gasteiger partial charge on any atom is -0.383 e. The first-order valence-electron chi connectivity index (χ1n) is 4.21. The highest BCUT2D eigenvalue weighted by molar-refractivity contribution is 9.10. The van der Waals surface area contributed by atoms with Crippen LogP contribution in [0.3, 0.4) is 0 Å². The maximum atomic E-state index is 5.79. The molecular weight excluding hydrogens is 228 g/mol. The molecule has 0 spiro atoms. The minimum absolute atomic E-state index is 0.618. The highest BCUT2D eigenvalue weighted by Gasteiger charge is 2.01. The first kappa shape index (κ1) is 10.3. The predicted octanol–water partition coefficient (Wildman–Crippen LogP) is 2.48. The Balaban J connectivity index is 3.09. The number of halogens is 1. The molecule has 13 heavy (non-hydrogen) atoms. The smallest absolute Gasteiger partial charge is 0.125 e. The molecule has 0 aliphatic heterocycles. The Morgan fingerprint density at radius 1 is 1.54 bits per heavy atom. The third-order valence-electron chi connectivity index (χ3n) is 1.79. The normalized spacial score (nSPS) is 11.8. The van der Waals surface area contributed by atoms with E-state index in [-0.39, 0.29) is 0 Å². The lowest BCUT2D eigenvalue weighted by atomic mass is 10.1. The maximum Gasteiger partial charge on any atom is 0.125 e. The van der Waals surface area contributed by atoms with Gasteiger partial charge in [-0.2, -0.15) is 0 Å². The summed E-state index contributed by atoms with van der Waals surface area (Å²) in [6.07, 6.45) is 0. The van der Waals surface area contributed by atoms with Crippen LogP contribution in [0.1, 0.15) is 18.1 Å². The van der Waals surface area contributed by atoms with Gasteiger partial charge in [0, 0.05) is 16.6 Å². The highest BCUT2D eigenvalue weighted by atomic mass is 79.9. The van der Waals surface area contributed by atoms with Gasteiger partial charge in [-0.05, 0) is 37.6 Å². The third-order valence-corrected chi connectivity index (χ3v) is 2.29. The molecule has 0 aliphatic rings. The summed E-state index contributed by atoms with van der Waals surface area (Å²) in [6.45, 7) is 4.72. The van der Waals surface area contributed by atoms with E-state index in [1.54, 1.807) is 0 Å². The van der Waals surface area contributed by atoms with Crippen LogP contribution in [0.15, 0.2) is 27.7 Å². The summed E-state index contributed by atoms with van der Waals surface area (Å²) in [5.41, 5.74) is 7.95. The van der Waals surface area contributed by atoms with Crippen molar-refractivity contribution in [2.24, 2.45) is 10.7 Å². The number of rotatable bonds is 2. The van der Waals surface area contributed by atoms with Gasteiger partial charge >= 0.3 is 0 Å². The number of benzene rings is 1. The summed E-state index contributed by atoms with van der Waals surface area (Å²) >= 11 is 3.40. The van der Waals surface area contributed by atoms with Crippen LogP contribution in [-0.2, 0) is 0 Å². The lowest BCUT2D eigenvalue weighted by Crippen LogP contribution is -2.15. The van der Waals surface area contributed by atoms with Crippen LogP contribution in [0.5, 0.6) is 0 Å². The van der Waals surface area contributed by atoms with E-state index in [1.165, 1.54) is 0 Å². The quantitative estimate of drug-likeness (QED) is 0.627. The highest BCUT2D eigenvalue weighted by Crippen LogP contribution is 2.15. The zero-order valence-corrected chi connectivity index (χ0v) is 9.43. The van der Waals surface area contributed by atoms with Crippen molar-refractivity contribution in [1.82, 2.24) is 0 Å². The van der Waals surface area contributed by atoms with E-state index in [1.807, 2.05) is 32.0 Å². The molecule has 0 amide bonds. The van der Waals surface area contributed by atoms with Gasteiger partial charge < -0.3 is 5.73 Å². The van der Waals surface area contributed by atoms with Gasteiger partial charge in [0.2, 0.25) is 0 Å². The van der Waals surface area contributed by atoms with Crippen LogP contribution in [0.2, 0.25) is 0 Å². The second-order valence-corrected chi connectivity index (χ2v) is 3.73. The Hall–Kier alpha value is -0.830. The van der Waals surface area contributed by atoms with E-state index < -0.39 is 0 Å². The Morgan fingerprint density at radius 3 is 2.77 bits per heavy atom. The molecule has 70 valence electrons. The second kappa shape index (κ2) is 4.42. The van der Waals surface area contributed by atoms with E-state index in [2.05, 4.69) is 20.9 Å². The van der Waals surface area contributed by atoms with Crippen LogP contribution in [0.4, 0.5) is 0 Å². The Kier molecular flexibility index (Phi) is 3.48. The van der Waals surface area contributed by atoms with Crippen molar-refractivity contribution in [3.63, 3.8) is 0 Å². The van der Waals surface area contributed by atoms with E-state index in [4.69, 9.17) is 5.73 Å². The third kappa shape index (κ3) is 2.56. The molecule has 1 aromatic carbocycles. The van der Waals surface area contributed by atoms with Crippen molar-refractivity contribution in [3.05, 3.63) is 33.8 Å². The molecule has 1 aromatic rings. The number of hydrogen-bond donors (Lipinski definition) is 1. The standard InChI is InChI=1S/C10H13BrN2/c1-3-13-10(12)9-5-4-8(11)6-7(9)2/h4-6H,3H2,1-2H3,(H2,12,13). The fourth-order valence-corrected chi connectivity index (χ4v) is 1.65. The number of aliphatic imine (C=N–C) groups is 1. The first-order chi connectivity index (χ1) is 6.15. The van der Waals surface area contributed by atoms with Gasteiger partial charge in [0.05, 0.1) is 0 Å². The van der Waals surface area contributed by atoms with Crippen molar-refractivity contribution in [3.8, 4) is 0 Å². The molecule has 3 heteroatoms. The molecular formula is C10H13BrN2. The molecule has 0 atom stereocenters. The van der Waals surface area contributed by atoms with Crippen LogP contribution in [0.25, 0.3) is 0 Å². The van der Waals surface area contributed by atoms with Crippen molar-refractivity contribution in [2.75, 3.05) is 6.54 Å². The van der Waals surface area contributed by atoms with Gasteiger partial charge in [-0.1, -0.05) is 15.9 Å². The van der Waals surface area contributed by atoms with Crippen molar-refractivity contribution >= 4 is 21.8 Å². The minimum atomic E-state index is 0.618. The predicted molar refractivity (Wildman–Crippen MR) is 60.1 cm³/mol. The lowest BCUT2D eigenvalue weighted by Gasteiger charge is -2.04. The van der Waals surface area contributed by atoms with Gasteiger partial charge in [-0.15, -0.1) is 0 Å². The molecule has 0 radical (unpaired) electrons. The molecule has 0 aromatic heterocycles. The molecule has 0 fully saturated rings. The van der Waals surface area contributed by atoms with E-state index in [0.717, 1.165) is 22.1 Å². The average molecular weight is 241 g/mol. The van der Waals surface area contributed by atoms with Crippen molar-refractivity contribution < 1.29 is 0 Å². The number of aryl methyl sites for hydroxylation is 1. The van der Waals surface area contributed by atoms with E-state index in [9.17, 15) is 0 Å². The monoisotopic (exact) mass is 240 g/mol. The first-order valence-corrected chi connectivity index (χ1v) is 5.01. The van der Waals surface area contributed by atoms with Crippen molar-refractivity contribution in [1.29, 1.82) is 0 Å². The Morgan fingerprint density at radius 2 is 2.23 bits per heavy atom. The molecule has 0 aliphatic carbocycles. The molecule has 0 saturated carbocycles. The zero-order chi connectivity index (χ0) is 9.84. The number of amidine groups is 1. The van der Waals surface area contributed by atoms with Gasteiger partial charge in [0.1, 0.15) is 5.84 Å². The van der Waals surface area contributed by atoms with E-state index >= 15 is 0 Å². The largest absolute Gasteiger partial charge is 0.383 e. The number of nitrogens with zero attached hydrogens (tertiary/aromatic N) is 1. The summed E-state index contributed by atoms with van der Waals surface area (Å²) in [6, 6.07) is 5.99. The average Bonchev–Trinajstić information content (AvgIpc) is 2.04. The molecule has 0 bridgehead atoms. The zero-order valence-electron chi connectivity index (χ0n) is 7.84. The molecule has 2 nitrogen and oxygen atoms in total. The molecule has 0 heterocycles. The van der Waals surface area contributed by atoms with Crippen LogP contribution >= 0.6 is 15.9 Å². The maximum absolute atomic E-state index is 5.79. The van der Waals surface area contributed by atoms with Crippen molar-refractivity contribution in [2.45, 2.75) is 13.8 Å². The van der Waals surface area contributed by atoms with Gasteiger partial charge in [0.25, 0.3) is 0 Å². The summed E-state index contributed by atoms with van der Waals surface area (Å²) in [5.74, 6) is 0.618. The van der Waals surface area contributed by atoms with Crippen LogP contribution in [0, 0.1) is 6.92 Å². The molecule has 0 saturated heterocycles. The molecule has 1 rings (SSSR count). The number of nitrogens with two attached hydrogens (primary N) is 1. The molecule has 0 unspecified atom stereocenters. The van der Waals surface area contributed by atoms with E-state index in [0.29, 0.717) is 5.84 Å². The summed E-state index contributed by atoms with van der Waals surface area (Å²) in [4.78, 5) is 4.16. The fraction of sp³-hybridized carbons (Fsp3) is 0.300.